The van der Waals surface area contributed by atoms with Gasteiger partial charge < -0.3 is 11.1 Å². The molecule has 7 heteroatoms. The highest BCUT2D eigenvalue weighted by Crippen LogP contribution is 2.36. The Hall–Kier alpha value is -1.53. The van der Waals surface area contributed by atoms with Gasteiger partial charge in [0.25, 0.3) is 0 Å². The van der Waals surface area contributed by atoms with E-state index in [-0.39, 0.29) is 11.8 Å². The van der Waals surface area contributed by atoms with E-state index in [1.165, 1.54) is 12.8 Å². The predicted octanol–water partition coefficient (Wildman–Crippen LogP) is 2.54. The molecular formula is C11H15F3N4. The summed E-state index contributed by atoms with van der Waals surface area (Å²) in [6.45, 7) is 2.66. The standard InChI is InChI=1S/C11H15F3N4/c1-6(7-2-3-7)5-16-9-4-8(11(12,13)14)17-10(15)18-9/h4,6-7H,2-3,5H2,1H3,(H3,15,16,17,18). The molecule has 1 fully saturated rings. The number of aromatic nitrogens is 2. The maximum absolute atomic E-state index is 12.5. The third kappa shape index (κ3) is 3.24. The molecule has 0 amide bonds. The number of rotatable bonds is 4. The predicted molar refractivity (Wildman–Crippen MR) is 61.8 cm³/mol. The summed E-state index contributed by atoms with van der Waals surface area (Å²) in [5.74, 6) is 0.864. The Morgan fingerprint density at radius 1 is 1.44 bits per heavy atom. The van der Waals surface area contributed by atoms with Gasteiger partial charge in [-0.05, 0) is 24.7 Å². The molecule has 1 heterocycles. The van der Waals surface area contributed by atoms with E-state index in [1.807, 2.05) is 0 Å². The number of nitrogen functional groups attached to an aromatic ring is 1. The molecule has 1 aromatic rings. The van der Waals surface area contributed by atoms with Gasteiger partial charge in [-0.25, -0.2) is 4.98 Å². The van der Waals surface area contributed by atoms with E-state index in [0.29, 0.717) is 18.4 Å². The van der Waals surface area contributed by atoms with Crippen molar-refractivity contribution in [2.75, 3.05) is 17.6 Å². The molecule has 0 radical (unpaired) electrons. The molecule has 1 unspecified atom stereocenters. The number of nitrogens with one attached hydrogen (secondary N) is 1. The van der Waals surface area contributed by atoms with Crippen molar-refractivity contribution in [1.29, 1.82) is 0 Å². The SMILES string of the molecule is CC(CNc1cc(C(F)(F)F)nc(N)n1)C1CC1. The third-order valence-electron chi connectivity index (χ3n) is 3.07. The summed E-state index contributed by atoms with van der Waals surface area (Å²) < 4.78 is 37.5. The number of hydrogen-bond acceptors (Lipinski definition) is 4. The second kappa shape index (κ2) is 4.62. The Kier molecular flexibility index (Phi) is 3.32. The minimum atomic E-state index is -4.50. The normalized spacial score (nSPS) is 17.6. The van der Waals surface area contributed by atoms with E-state index in [9.17, 15) is 13.2 Å². The number of hydrogen-bond donors (Lipinski definition) is 2. The summed E-state index contributed by atoms with van der Waals surface area (Å²) in [6, 6.07) is 0.885. The van der Waals surface area contributed by atoms with Gasteiger partial charge in [-0.3, -0.25) is 0 Å². The van der Waals surface area contributed by atoms with Gasteiger partial charge in [-0.2, -0.15) is 18.2 Å². The average Bonchev–Trinajstić information content (AvgIpc) is 3.07. The number of halogens is 3. The molecule has 1 aromatic heterocycles. The molecule has 4 nitrogen and oxygen atoms in total. The van der Waals surface area contributed by atoms with Crippen LogP contribution in [0.2, 0.25) is 0 Å². The molecule has 1 aliphatic carbocycles. The zero-order valence-corrected chi connectivity index (χ0v) is 9.96. The van der Waals surface area contributed by atoms with Crippen LogP contribution in [0.25, 0.3) is 0 Å². The number of nitrogens with two attached hydrogens (primary N) is 1. The van der Waals surface area contributed by atoms with E-state index in [4.69, 9.17) is 5.73 Å². The second-order valence-corrected chi connectivity index (χ2v) is 4.69. The van der Waals surface area contributed by atoms with E-state index in [0.717, 1.165) is 6.07 Å². The first-order chi connectivity index (χ1) is 8.36. The molecule has 2 rings (SSSR count). The maximum atomic E-state index is 12.5. The average molecular weight is 260 g/mol. The largest absolute Gasteiger partial charge is 0.433 e. The first-order valence-corrected chi connectivity index (χ1v) is 5.82. The van der Waals surface area contributed by atoms with E-state index in [1.54, 1.807) is 0 Å². The topological polar surface area (TPSA) is 63.8 Å². The van der Waals surface area contributed by atoms with Crippen molar-refractivity contribution in [3.8, 4) is 0 Å². The van der Waals surface area contributed by atoms with Crippen molar-refractivity contribution in [3.05, 3.63) is 11.8 Å². The van der Waals surface area contributed by atoms with Crippen LogP contribution in [0.1, 0.15) is 25.5 Å². The van der Waals surface area contributed by atoms with Crippen molar-refractivity contribution in [2.24, 2.45) is 11.8 Å². The summed E-state index contributed by atoms with van der Waals surface area (Å²) in [5, 5.41) is 2.89. The quantitative estimate of drug-likeness (QED) is 0.873. The summed E-state index contributed by atoms with van der Waals surface area (Å²) >= 11 is 0. The summed E-state index contributed by atoms with van der Waals surface area (Å²) in [7, 11) is 0. The Morgan fingerprint density at radius 2 is 2.11 bits per heavy atom. The van der Waals surface area contributed by atoms with Gasteiger partial charge >= 0.3 is 6.18 Å². The zero-order chi connectivity index (χ0) is 13.3. The zero-order valence-electron chi connectivity index (χ0n) is 9.96. The summed E-state index contributed by atoms with van der Waals surface area (Å²) in [6.07, 6.45) is -2.11. The first kappa shape index (κ1) is 12.9. The lowest BCUT2D eigenvalue weighted by atomic mass is 10.1. The van der Waals surface area contributed by atoms with Crippen LogP contribution in [0.3, 0.4) is 0 Å². The number of alkyl halides is 3. The van der Waals surface area contributed by atoms with Gasteiger partial charge in [0.15, 0.2) is 5.69 Å². The van der Waals surface area contributed by atoms with Crippen LogP contribution in [0.4, 0.5) is 24.9 Å². The van der Waals surface area contributed by atoms with E-state index in [2.05, 4.69) is 22.2 Å². The molecule has 100 valence electrons. The van der Waals surface area contributed by atoms with Crippen LogP contribution >= 0.6 is 0 Å². The Morgan fingerprint density at radius 3 is 2.67 bits per heavy atom. The maximum Gasteiger partial charge on any atom is 0.433 e. The monoisotopic (exact) mass is 260 g/mol. The summed E-state index contributed by atoms with van der Waals surface area (Å²) in [5.41, 5.74) is 4.26. The molecule has 1 saturated carbocycles. The minimum absolute atomic E-state index is 0.127. The van der Waals surface area contributed by atoms with Gasteiger partial charge in [0, 0.05) is 12.6 Å². The van der Waals surface area contributed by atoms with Crippen molar-refractivity contribution >= 4 is 11.8 Å². The molecule has 0 aliphatic heterocycles. The fraction of sp³-hybridized carbons (Fsp3) is 0.636. The molecule has 0 saturated heterocycles. The first-order valence-electron chi connectivity index (χ1n) is 5.82. The van der Waals surface area contributed by atoms with Crippen molar-refractivity contribution in [1.82, 2.24) is 9.97 Å². The Balaban J connectivity index is 2.05. The lowest BCUT2D eigenvalue weighted by Crippen LogP contribution is -2.16. The van der Waals surface area contributed by atoms with Gasteiger partial charge in [-0.15, -0.1) is 0 Å². The lowest BCUT2D eigenvalue weighted by molar-refractivity contribution is -0.141. The van der Waals surface area contributed by atoms with Crippen molar-refractivity contribution in [2.45, 2.75) is 25.9 Å². The van der Waals surface area contributed by atoms with Gasteiger partial charge in [0.1, 0.15) is 5.82 Å². The smallest absolute Gasteiger partial charge is 0.370 e. The highest BCUT2D eigenvalue weighted by molar-refractivity contribution is 5.41. The highest BCUT2D eigenvalue weighted by Gasteiger charge is 2.33. The van der Waals surface area contributed by atoms with Crippen LogP contribution in [0.5, 0.6) is 0 Å². The molecule has 0 aromatic carbocycles. The van der Waals surface area contributed by atoms with Gasteiger partial charge in [-0.1, -0.05) is 6.92 Å². The Labute approximate surface area is 103 Å². The van der Waals surface area contributed by atoms with Crippen molar-refractivity contribution in [3.63, 3.8) is 0 Å². The van der Waals surface area contributed by atoms with Crippen LogP contribution in [-0.4, -0.2) is 16.5 Å². The van der Waals surface area contributed by atoms with E-state index >= 15 is 0 Å². The van der Waals surface area contributed by atoms with E-state index < -0.39 is 11.9 Å². The molecule has 1 aliphatic rings. The molecule has 1 atom stereocenters. The van der Waals surface area contributed by atoms with Crippen LogP contribution in [0, 0.1) is 11.8 Å². The lowest BCUT2D eigenvalue weighted by Gasteiger charge is -2.13. The van der Waals surface area contributed by atoms with Crippen LogP contribution in [0.15, 0.2) is 6.07 Å². The minimum Gasteiger partial charge on any atom is -0.370 e. The number of anilines is 2. The third-order valence-corrected chi connectivity index (χ3v) is 3.07. The molecule has 18 heavy (non-hydrogen) atoms. The Bertz CT molecular complexity index is 429. The molecule has 0 spiro atoms. The van der Waals surface area contributed by atoms with Gasteiger partial charge in [0.05, 0.1) is 0 Å². The fourth-order valence-corrected chi connectivity index (χ4v) is 1.80. The second-order valence-electron chi connectivity index (χ2n) is 4.69. The molecular weight excluding hydrogens is 245 g/mol. The molecule has 0 bridgehead atoms. The van der Waals surface area contributed by atoms with Crippen LogP contribution < -0.4 is 11.1 Å². The van der Waals surface area contributed by atoms with Gasteiger partial charge in [0.2, 0.25) is 5.95 Å². The fourth-order valence-electron chi connectivity index (χ4n) is 1.80. The van der Waals surface area contributed by atoms with Crippen LogP contribution in [-0.2, 0) is 6.18 Å². The highest BCUT2D eigenvalue weighted by atomic mass is 19.4. The van der Waals surface area contributed by atoms with Crippen molar-refractivity contribution < 1.29 is 13.2 Å². The number of nitrogens with zero attached hydrogens (tertiary/aromatic N) is 2. The molecule has 3 N–H and O–H groups in total. The summed E-state index contributed by atoms with van der Waals surface area (Å²) in [4.78, 5) is 6.94.